The molecule has 0 saturated heterocycles. The molecule has 24 heavy (non-hydrogen) atoms. The molecule has 1 amide bonds. The highest BCUT2D eigenvalue weighted by Crippen LogP contribution is 2.24. The van der Waals surface area contributed by atoms with E-state index >= 15 is 0 Å². The first-order valence-electron chi connectivity index (χ1n) is 8.44. The van der Waals surface area contributed by atoms with Crippen molar-refractivity contribution in [3.63, 3.8) is 0 Å². The second-order valence-corrected chi connectivity index (χ2v) is 6.36. The molecule has 0 aliphatic carbocycles. The number of carbonyl (C=O) groups is 1. The third-order valence-corrected chi connectivity index (χ3v) is 4.41. The predicted octanol–water partition coefficient (Wildman–Crippen LogP) is 4.43. The lowest BCUT2D eigenvalue weighted by atomic mass is 10.00. The number of benzene rings is 2. The number of carbonyl (C=O) groups excluding carboxylic acids is 1. The van der Waals surface area contributed by atoms with Crippen LogP contribution in [0, 0.1) is 20.8 Å². The van der Waals surface area contributed by atoms with Crippen molar-refractivity contribution in [2.45, 2.75) is 46.6 Å². The average Bonchev–Trinajstić information content (AvgIpc) is 2.55. The normalized spacial score (nSPS) is 11.9. The molecule has 1 atom stereocenters. The van der Waals surface area contributed by atoms with E-state index in [1.165, 1.54) is 11.1 Å². The molecule has 0 aliphatic rings. The molecule has 2 aromatic rings. The summed E-state index contributed by atoms with van der Waals surface area (Å²) in [5.74, 6) is 0.928. The molecule has 3 heteroatoms. The average molecular weight is 325 g/mol. The Balaban J connectivity index is 2.09. The molecule has 3 nitrogen and oxygen atoms in total. The van der Waals surface area contributed by atoms with Gasteiger partial charge in [0.25, 0.3) is 0 Å². The zero-order chi connectivity index (χ0) is 17.7. The number of methoxy groups -OCH3 is 1. The van der Waals surface area contributed by atoms with Crippen molar-refractivity contribution in [3.05, 3.63) is 64.2 Å². The van der Waals surface area contributed by atoms with Crippen LogP contribution in [0.5, 0.6) is 5.75 Å². The molecule has 0 heterocycles. The van der Waals surface area contributed by atoms with E-state index in [1.807, 2.05) is 25.1 Å². The maximum absolute atomic E-state index is 12.5. The lowest BCUT2D eigenvalue weighted by Gasteiger charge is -2.19. The van der Waals surface area contributed by atoms with Gasteiger partial charge in [-0.05, 0) is 55.5 Å². The Morgan fingerprint density at radius 1 is 1.08 bits per heavy atom. The van der Waals surface area contributed by atoms with Crippen LogP contribution in [0.3, 0.4) is 0 Å². The largest absolute Gasteiger partial charge is 0.496 e. The fraction of sp³-hybridized carbons (Fsp3) is 0.381. The molecule has 128 valence electrons. The van der Waals surface area contributed by atoms with E-state index in [-0.39, 0.29) is 11.9 Å². The van der Waals surface area contributed by atoms with Gasteiger partial charge in [0.15, 0.2) is 0 Å². The molecular weight excluding hydrogens is 298 g/mol. The van der Waals surface area contributed by atoms with Crippen LogP contribution >= 0.6 is 0 Å². The van der Waals surface area contributed by atoms with Crippen molar-refractivity contribution in [2.75, 3.05) is 7.11 Å². The second kappa shape index (κ2) is 8.00. The van der Waals surface area contributed by atoms with Gasteiger partial charge in [0.2, 0.25) is 5.91 Å². The highest BCUT2D eigenvalue weighted by molar-refractivity contribution is 5.79. The zero-order valence-corrected chi connectivity index (χ0v) is 15.3. The van der Waals surface area contributed by atoms with Crippen molar-refractivity contribution >= 4 is 5.91 Å². The van der Waals surface area contributed by atoms with Gasteiger partial charge in [0.05, 0.1) is 19.6 Å². The monoisotopic (exact) mass is 325 g/mol. The predicted molar refractivity (Wildman–Crippen MR) is 98.5 cm³/mol. The summed E-state index contributed by atoms with van der Waals surface area (Å²) in [6.45, 7) is 8.23. The summed E-state index contributed by atoms with van der Waals surface area (Å²) in [4.78, 5) is 12.5. The Kier molecular flexibility index (Phi) is 6.02. The number of nitrogens with one attached hydrogen (secondary N) is 1. The van der Waals surface area contributed by atoms with Gasteiger partial charge in [-0.15, -0.1) is 0 Å². The maximum atomic E-state index is 12.5. The first-order valence-corrected chi connectivity index (χ1v) is 8.44. The lowest BCUT2D eigenvalue weighted by molar-refractivity contribution is -0.121. The topological polar surface area (TPSA) is 38.3 Å². The van der Waals surface area contributed by atoms with Crippen molar-refractivity contribution in [1.29, 1.82) is 0 Å². The van der Waals surface area contributed by atoms with Gasteiger partial charge in [0.1, 0.15) is 5.75 Å². The molecule has 0 aromatic heterocycles. The minimum atomic E-state index is 0.0212. The SMILES string of the molecule is CC[C@H](NC(=O)Cc1ccc(C)cc1C)c1ccc(OC)c(C)c1. The van der Waals surface area contributed by atoms with Crippen LogP contribution in [-0.2, 0) is 11.2 Å². The van der Waals surface area contributed by atoms with E-state index in [0.717, 1.165) is 28.9 Å². The third kappa shape index (κ3) is 4.38. The number of rotatable bonds is 6. The van der Waals surface area contributed by atoms with E-state index in [2.05, 4.69) is 44.3 Å². The Morgan fingerprint density at radius 3 is 2.42 bits per heavy atom. The molecule has 2 rings (SSSR count). The summed E-state index contributed by atoms with van der Waals surface area (Å²) < 4.78 is 5.31. The Hall–Kier alpha value is -2.29. The fourth-order valence-electron chi connectivity index (χ4n) is 3.00. The summed E-state index contributed by atoms with van der Waals surface area (Å²) in [5, 5.41) is 3.16. The van der Waals surface area contributed by atoms with E-state index < -0.39 is 0 Å². The highest BCUT2D eigenvalue weighted by Gasteiger charge is 2.15. The summed E-state index contributed by atoms with van der Waals surface area (Å²) in [6, 6.07) is 12.3. The third-order valence-electron chi connectivity index (χ3n) is 4.41. The van der Waals surface area contributed by atoms with Crippen LogP contribution in [0.25, 0.3) is 0 Å². The smallest absolute Gasteiger partial charge is 0.224 e. The quantitative estimate of drug-likeness (QED) is 0.853. The Morgan fingerprint density at radius 2 is 1.83 bits per heavy atom. The molecule has 0 saturated carbocycles. The maximum Gasteiger partial charge on any atom is 0.224 e. The molecular formula is C21H27NO2. The summed E-state index contributed by atoms with van der Waals surface area (Å²) >= 11 is 0. The number of hydrogen-bond donors (Lipinski definition) is 1. The Labute approximate surface area is 145 Å². The number of hydrogen-bond acceptors (Lipinski definition) is 2. The van der Waals surface area contributed by atoms with Crippen LogP contribution in [0.15, 0.2) is 36.4 Å². The highest BCUT2D eigenvalue weighted by atomic mass is 16.5. The first kappa shape index (κ1) is 18.1. The van der Waals surface area contributed by atoms with Gasteiger partial charge in [0, 0.05) is 0 Å². The molecule has 0 spiro atoms. The van der Waals surface area contributed by atoms with Gasteiger partial charge in [-0.2, -0.15) is 0 Å². The summed E-state index contributed by atoms with van der Waals surface area (Å²) in [5.41, 5.74) is 5.66. The summed E-state index contributed by atoms with van der Waals surface area (Å²) in [7, 11) is 1.67. The standard InChI is InChI=1S/C21H27NO2/c1-6-19(18-9-10-20(24-5)16(4)12-18)22-21(23)13-17-8-7-14(2)11-15(17)3/h7-12,19H,6,13H2,1-5H3,(H,22,23)/t19-/m0/s1. The summed E-state index contributed by atoms with van der Waals surface area (Å²) in [6.07, 6.45) is 1.27. The van der Waals surface area contributed by atoms with Crippen molar-refractivity contribution in [1.82, 2.24) is 5.32 Å². The van der Waals surface area contributed by atoms with Gasteiger partial charge in [-0.1, -0.05) is 42.8 Å². The van der Waals surface area contributed by atoms with Gasteiger partial charge >= 0.3 is 0 Å². The number of amides is 1. The minimum absolute atomic E-state index is 0.0212. The molecule has 0 aliphatic heterocycles. The number of aryl methyl sites for hydroxylation is 3. The van der Waals surface area contributed by atoms with Gasteiger partial charge in [-0.25, -0.2) is 0 Å². The van der Waals surface area contributed by atoms with Gasteiger partial charge in [-0.3, -0.25) is 4.79 Å². The molecule has 1 N–H and O–H groups in total. The van der Waals surface area contributed by atoms with E-state index in [4.69, 9.17) is 4.74 Å². The fourth-order valence-corrected chi connectivity index (χ4v) is 3.00. The second-order valence-electron chi connectivity index (χ2n) is 6.36. The van der Waals surface area contributed by atoms with Crippen molar-refractivity contribution in [3.8, 4) is 5.75 Å². The van der Waals surface area contributed by atoms with Crippen LogP contribution in [-0.4, -0.2) is 13.0 Å². The first-order chi connectivity index (χ1) is 11.4. The van der Waals surface area contributed by atoms with Crippen molar-refractivity contribution < 1.29 is 9.53 Å². The van der Waals surface area contributed by atoms with Crippen LogP contribution in [0.1, 0.15) is 47.2 Å². The van der Waals surface area contributed by atoms with Crippen LogP contribution in [0.4, 0.5) is 0 Å². The molecule has 0 bridgehead atoms. The van der Waals surface area contributed by atoms with E-state index in [1.54, 1.807) is 7.11 Å². The number of ether oxygens (including phenoxy) is 1. The molecule has 0 radical (unpaired) electrons. The van der Waals surface area contributed by atoms with Crippen LogP contribution < -0.4 is 10.1 Å². The molecule has 0 unspecified atom stereocenters. The van der Waals surface area contributed by atoms with Crippen molar-refractivity contribution in [2.24, 2.45) is 0 Å². The van der Waals surface area contributed by atoms with E-state index in [0.29, 0.717) is 6.42 Å². The molecule has 0 fully saturated rings. The van der Waals surface area contributed by atoms with E-state index in [9.17, 15) is 4.79 Å². The minimum Gasteiger partial charge on any atom is -0.496 e. The van der Waals surface area contributed by atoms with Crippen LogP contribution in [0.2, 0.25) is 0 Å². The molecule has 2 aromatic carbocycles. The lowest BCUT2D eigenvalue weighted by Crippen LogP contribution is -2.29. The van der Waals surface area contributed by atoms with Gasteiger partial charge < -0.3 is 10.1 Å². The Bertz CT molecular complexity index is 722. The zero-order valence-electron chi connectivity index (χ0n) is 15.3.